The molecule has 1 heterocycles. The lowest BCUT2D eigenvalue weighted by Gasteiger charge is -2.22. The molecule has 0 unspecified atom stereocenters. The zero-order valence-corrected chi connectivity index (χ0v) is 19.6. The third-order valence-electron chi connectivity index (χ3n) is 5.84. The van der Waals surface area contributed by atoms with Crippen LogP contribution in [-0.4, -0.2) is 18.6 Å². The Morgan fingerprint density at radius 2 is 2.03 bits per heavy atom. The van der Waals surface area contributed by atoms with Crippen LogP contribution < -0.4 is 10.1 Å². The molecule has 4 rings (SSSR count). The third kappa shape index (κ3) is 5.04. The number of furan rings is 1. The fourth-order valence-electron chi connectivity index (χ4n) is 4.28. The Hall–Kier alpha value is -2.53. The van der Waals surface area contributed by atoms with Crippen molar-refractivity contribution >= 4 is 38.4 Å². The molecule has 0 bridgehead atoms. The van der Waals surface area contributed by atoms with Gasteiger partial charge in [0.1, 0.15) is 11.3 Å². The minimum absolute atomic E-state index is 0.0358. The van der Waals surface area contributed by atoms with Crippen molar-refractivity contribution in [1.82, 2.24) is 5.32 Å². The number of nitrogens with one attached hydrogen (secondary N) is 1. The summed E-state index contributed by atoms with van der Waals surface area (Å²) in [5.41, 5.74) is 4.63. The number of hydrogen-bond donors (Lipinski definition) is 1. The maximum atomic E-state index is 12.7. The molecule has 1 saturated carbocycles. The Kier molecular flexibility index (Phi) is 6.81. The van der Waals surface area contributed by atoms with Crippen LogP contribution in [0, 0.1) is 0 Å². The van der Waals surface area contributed by atoms with Crippen LogP contribution in [0.1, 0.15) is 51.5 Å². The van der Waals surface area contributed by atoms with Gasteiger partial charge in [0.2, 0.25) is 5.91 Å². The van der Waals surface area contributed by atoms with Gasteiger partial charge in [-0.2, -0.15) is 0 Å². The summed E-state index contributed by atoms with van der Waals surface area (Å²) in [6.45, 7) is 4.46. The predicted molar refractivity (Wildman–Crippen MR) is 129 cm³/mol. The molecular weight excluding hydrogens is 454 g/mol. The Balaban J connectivity index is 1.69. The summed E-state index contributed by atoms with van der Waals surface area (Å²) in [6.07, 6.45) is 9.26. The molecule has 5 heteroatoms. The predicted octanol–water partition coefficient (Wildman–Crippen LogP) is 7.11. The highest BCUT2D eigenvalue weighted by atomic mass is 79.9. The van der Waals surface area contributed by atoms with Crippen LogP contribution in [0.3, 0.4) is 0 Å². The Bertz CT molecular complexity index is 1110. The van der Waals surface area contributed by atoms with Gasteiger partial charge in [0.05, 0.1) is 12.9 Å². The Morgan fingerprint density at radius 1 is 1.23 bits per heavy atom. The number of rotatable bonds is 6. The molecule has 162 valence electrons. The van der Waals surface area contributed by atoms with Crippen molar-refractivity contribution in [3.63, 3.8) is 0 Å². The molecule has 0 spiro atoms. The van der Waals surface area contributed by atoms with Gasteiger partial charge < -0.3 is 14.5 Å². The quantitative estimate of drug-likeness (QED) is 0.381. The summed E-state index contributed by atoms with van der Waals surface area (Å²) in [7, 11) is 0. The van der Waals surface area contributed by atoms with Crippen molar-refractivity contribution in [3.05, 3.63) is 58.8 Å². The van der Waals surface area contributed by atoms with Crippen LogP contribution >= 0.6 is 15.9 Å². The number of ether oxygens (including phenoxy) is 1. The second-order valence-corrected chi connectivity index (χ2v) is 9.02. The fourth-order valence-corrected chi connectivity index (χ4v) is 4.68. The summed E-state index contributed by atoms with van der Waals surface area (Å²) in [5.74, 6) is 0.690. The summed E-state index contributed by atoms with van der Waals surface area (Å²) < 4.78 is 12.8. The maximum absolute atomic E-state index is 12.7. The molecule has 1 fully saturated rings. The lowest BCUT2D eigenvalue weighted by atomic mass is 9.95. The Morgan fingerprint density at radius 3 is 2.77 bits per heavy atom. The van der Waals surface area contributed by atoms with Gasteiger partial charge in [0.25, 0.3) is 0 Å². The number of fused-ring (bicyclic) bond motifs is 1. The van der Waals surface area contributed by atoms with Gasteiger partial charge in [0, 0.05) is 39.2 Å². The van der Waals surface area contributed by atoms with E-state index in [-0.39, 0.29) is 11.9 Å². The van der Waals surface area contributed by atoms with Crippen molar-refractivity contribution in [3.8, 4) is 16.9 Å². The molecule has 0 saturated heterocycles. The van der Waals surface area contributed by atoms with Gasteiger partial charge in [-0.3, -0.25) is 4.79 Å². The lowest BCUT2D eigenvalue weighted by molar-refractivity contribution is -0.117. The lowest BCUT2D eigenvalue weighted by Crippen LogP contribution is -2.35. The van der Waals surface area contributed by atoms with Crippen LogP contribution in [0.4, 0.5) is 0 Å². The molecule has 1 N–H and O–H groups in total. The first-order valence-corrected chi connectivity index (χ1v) is 11.8. The molecule has 1 amide bonds. The van der Waals surface area contributed by atoms with Crippen molar-refractivity contribution in [2.45, 2.75) is 52.0 Å². The number of halogens is 1. The van der Waals surface area contributed by atoms with E-state index in [2.05, 4.69) is 39.4 Å². The highest BCUT2D eigenvalue weighted by Crippen LogP contribution is 2.38. The normalized spacial score (nSPS) is 15.3. The first-order valence-electron chi connectivity index (χ1n) is 11.0. The molecular formula is C26H28BrNO3. The summed E-state index contributed by atoms with van der Waals surface area (Å²) >= 11 is 3.55. The molecule has 0 radical (unpaired) electrons. The van der Waals surface area contributed by atoms with Gasteiger partial charge in [-0.25, -0.2) is 0 Å². The van der Waals surface area contributed by atoms with Gasteiger partial charge in [0.15, 0.2) is 0 Å². The molecule has 4 nitrogen and oxygen atoms in total. The van der Waals surface area contributed by atoms with E-state index in [1.165, 1.54) is 19.3 Å². The maximum Gasteiger partial charge on any atom is 0.244 e. The van der Waals surface area contributed by atoms with E-state index in [4.69, 9.17) is 9.15 Å². The second-order valence-electron chi connectivity index (χ2n) is 8.11. The molecule has 1 aliphatic rings. The third-order valence-corrected chi connectivity index (χ3v) is 6.33. The largest absolute Gasteiger partial charge is 0.493 e. The molecule has 3 aromatic rings. The van der Waals surface area contributed by atoms with Gasteiger partial charge in [-0.1, -0.05) is 47.3 Å². The number of hydrogen-bond acceptors (Lipinski definition) is 3. The number of amides is 1. The van der Waals surface area contributed by atoms with Crippen LogP contribution in [0.5, 0.6) is 5.75 Å². The number of carbonyl (C=O) groups excluding carboxylic acids is 1. The smallest absolute Gasteiger partial charge is 0.244 e. The van der Waals surface area contributed by atoms with E-state index in [1.54, 1.807) is 12.3 Å². The van der Waals surface area contributed by atoms with Crippen LogP contribution in [0.25, 0.3) is 27.7 Å². The van der Waals surface area contributed by atoms with Gasteiger partial charge in [-0.15, -0.1) is 0 Å². The topological polar surface area (TPSA) is 51.5 Å². The van der Waals surface area contributed by atoms with Gasteiger partial charge in [-0.05, 0) is 56.0 Å². The highest BCUT2D eigenvalue weighted by Gasteiger charge is 2.17. The van der Waals surface area contributed by atoms with Crippen LogP contribution in [0.15, 0.2) is 57.6 Å². The fraction of sp³-hybridized carbons (Fsp3) is 0.346. The summed E-state index contributed by atoms with van der Waals surface area (Å²) in [4.78, 5) is 12.7. The first kappa shape index (κ1) is 21.7. The molecule has 0 atom stereocenters. The zero-order chi connectivity index (χ0) is 21.8. The van der Waals surface area contributed by atoms with E-state index < -0.39 is 0 Å². The minimum atomic E-state index is -0.0358. The van der Waals surface area contributed by atoms with Crippen LogP contribution in [-0.2, 0) is 4.79 Å². The SMILES string of the molecule is CCOc1cc2occ(-c3cccc(Br)c3)c2cc1/C(C)=C/C(=O)NC1CCCCC1. The van der Waals surface area contributed by atoms with E-state index >= 15 is 0 Å². The second kappa shape index (κ2) is 9.73. The average molecular weight is 482 g/mol. The van der Waals surface area contributed by atoms with Crippen molar-refractivity contribution in [2.75, 3.05) is 6.61 Å². The van der Waals surface area contributed by atoms with Crippen molar-refractivity contribution < 1.29 is 13.9 Å². The summed E-state index contributed by atoms with van der Waals surface area (Å²) in [5, 5.41) is 4.16. The van der Waals surface area contributed by atoms with E-state index in [1.807, 2.05) is 32.0 Å². The van der Waals surface area contributed by atoms with E-state index in [9.17, 15) is 4.79 Å². The standard InChI is InChI=1S/C26H28BrNO3/c1-3-30-24-15-25-22(23(16-31-25)18-8-7-9-19(27)13-18)14-21(24)17(2)12-26(29)28-20-10-5-4-6-11-20/h7-9,12-16,20H,3-6,10-11H2,1-2H3,(H,28,29)/b17-12+. The van der Waals surface area contributed by atoms with Crippen molar-refractivity contribution in [2.24, 2.45) is 0 Å². The molecule has 31 heavy (non-hydrogen) atoms. The number of allylic oxidation sites excluding steroid dienone is 1. The molecule has 1 aliphatic carbocycles. The molecule has 2 aromatic carbocycles. The number of carbonyl (C=O) groups is 1. The van der Waals surface area contributed by atoms with E-state index in [0.29, 0.717) is 6.61 Å². The minimum Gasteiger partial charge on any atom is -0.493 e. The van der Waals surface area contributed by atoms with Gasteiger partial charge >= 0.3 is 0 Å². The zero-order valence-electron chi connectivity index (χ0n) is 18.0. The number of benzene rings is 2. The Labute approximate surface area is 191 Å². The van der Waals surface area contributed by atoms with Crippen LogP contribution in [0.2, 0.25) is 0 Å². The average Bonchev–Trinajstić information content (AvgIpc) is 3.17. The summed E-state index contributed by atoms with van der Waals surface area (Å²) in [6, 6.07) is 12.4. The first-order chi connectivity index (χ1) is 15.0. The molecule has 1 aromatic heterocycles. The van der Waals surface area contributed by atoms with Crippen molar-refractivity contribution in [1.29, 1.82) is 0 Å². The molecule has 0 aliphatic heterocycles. The monoisotopic (exact) mass is 481 g/mol. The van der Waals surface area contributed by atoms with E-state index in [0.717, 1.165) is 56.3 Å². The highest BCUT2D eigenvalue weighted by molar-refractivity contribution is 9.10.